The van der Waals surface area contributed by atoms with Crippen LogP contribution >= 0.6 is 0 Å². The highest BCUT2D eigenvalue weighted by Gasteiger charge is 2.06. The molecule has 3 heteroatoms. The van der Waals surface area contributed by atoms with E-state index >= 15 is 0 Å². The minimum absolute atomic E-state index is 0.242. The molecule has 0 N–H and O–H groups in total. The van der Waals surface area contributed by atoms with Crippen molar-refractivity contribution in [2.45, 2.75) is 33.1 Å². The number of rotatable bonds is 4. The van der Waals surface area contributed by atoms with E-state index in [9.17, 15) is 4.79 Å². The van der Waals surface area contributed by atoms with Crippen molar-refractivity contribution in [3.63, 3.8) is 0 Å². The van der Waals surface area contributed by atoms with Gasteiger partial charge in [-0.3, -0.25) is 14.8 Å². The predicted octanol–water partition coefficient (Wildman–Crippen LogP) is 1.70. The molecule has 1 aromatic rings. The predicted molar refractivity (Wildman–Crippen MR) is 50.4 cm³/mol. The lowest BCUT2D eigenvalue weighted by molar-refractivity contribution is -0.118. The average Bonchev–Trinajstić information content (AvgIpc) is 2.09. The van der Waals surface area contributed by atoms with Crippen LogP contribution in [0.4, 0.5) is 0 Å². The summed E-state index contributed by atoms with van der Waals surface area (Å²) in [5.41, 5.74) is 1.66. The van der Waals surface area contributed by atoms with Crippen molar-refractivity contribution in [1.82, 2.24) is 9.97 Å². The van der Waals surface area contributed by atoms with Crippen LogP contribution < -0.4 is 0 Å². The average molecular weight is 178 g/mol. The molecule has 0 aromatic carbocycles. The molecule has 0 fully saturated rings. The van der Waals surface area contributed by atoms with Crippen LogP contribution in [0.3, 0.4) is 0 Å². The summed E-state index contributed by atoms with van der Waals surface area (Å²) in [5.74, 6) is 0.242. The molecule has 0 bridgehead atoms. The highest BCUT2D eigenvalue weighted by atomic mass is 16.1. The zero-order chi connectivity index (χ0) is 9.68. The van der Waals surface area contributed by atoms with E-state index in [2.05, 4.69) is 9.97 Å². The monoisotopic (exact) mass is 178 g/mol. The Morgan fingerprint density at radius 2 is 2.08 bits per heavy atom. The van der Waals surface area contributed by atoms with E-state index in [-0.39, 0.29) is 5.78 Å². The molecule has 0 atom stereocenters. The van der Waals surface area contributed by atoms with Crippen molar-refractivity contribution in [2.24, 2.45) is 0 Å². The molecule has 0 amide bonds. The van der Waals surface area contributed by atoms with Crippen LogP contribution in [-0.4, -0.2) is 15.8 Å². The summed E-state index contributed by atoms with van der Waals surface area (Å²) in [6, 6.07) is 0. The fourth-order valence-corrected chi connectivity index (χ4v) is 1.16. The summed E-state index contributed by atoms with van der Waals surface area (Å²) in [6.45, 7) is 3.88. The molecule has 1 aromatic heterocycles. The van der Waals surface area contributed by atoms with Crippen LogP contribution in [0.25, 0.3) is 0 Å². The lowest BCUT2D eigenvalue weighted by Gasteiger charge is -2.01. The molecule has 70 valence electrons. The molecule has 1 heterocycles. The standard InChI is InChI=1S/C10H14N2O/c1-3-4-9(13)7-10-8(2)11-5-6-12-10/h5-6H,3-4,7H2,1-2H3. The highest BCUT2D eigenvalue weighted by molar-refractivity contribution is 5.80. The normalized spacial score (nSPS) is 10.0. The Kier molecular flexibility index (Phi) is 3.55. The second-order valence-electron chi connectivity index (χ2n) is 3.05. The Hall–Kier alpha value is -1.25. The number of hydrogen-bond donors (Lipinski definition) is 0. The maximum absolute atomic E-state index is 11.3. The maximum atomic E-state index is 11.3. The van der Waals surface area contributed by atoms with Gasteiger partial charge in [0.1, 0.15) is 5.78 Å². The summed E-state index contributed by atoms with van der Waals surface area (Å²) >= 11 is 0. The van der Waals surface area contributed by atoms with Gasteiger partial charge in [-0.25, -0.2) is 0 Å². The Morgan fingerprint density at radius 1 is 1.38 bits per heavy atom. The van der Waals surface area contributed by atoms with Crippen LogP contribution in [0, 0.1) is 6.92 Å². The number of nitrogens with zero attached hydrogens (tertiary/aromatic N) is 2. The van der Waals surface area contributed by atoms with Crippen LogP contribution in [0.15, 0.2) is 12.4 Å². The van der Waals surface area contributed by atoms with Gasteiger partial charge in [0.25, 0.3) is 0 Å². The van der Waals surface area contributed by atoms with Crippen molar-refractivity contribution in [1.29, 1.82) is 0 Å². The zero-order valence-corrected chi connectivity index (χ0v) is 8.08. The number of aryl methyl sites for hydroxylation is 1. The van der Waals surface area contributed by atoms with Crippen LogP contribution in [-0.2, 0) is 11.2 Å². The molecule has 0 unspecified atom stereocenters. The van der Waals surface area contributed by atoms with Crippen molar-refractivity contribution in [3.05, 3.63) is 23.8 Å². The van der Waals surface area contributed by atoms with Crippen molar-refractivity contribution in [2.75, 3.05) is 0 Å². The minimum Gasteiger partial charge on any atom is -0.299 e. The zero-order valence-electron chi connectivity index (χ0n) is 8.08. The van der Waals surface area contributed by atoms with Gasteiger partial charge in [0.15, 0.2) is 0 Å². The van der Waals surface area contributed by atoms with Crippen molar-refractivity contribution in [3.8, 4) is 0 Å². The number of carbonyl (C=O) groups is 1. The van der Waals surface area contributed by atoms with Gasteiger partial charge in [-0.05, 0) is 13.3 Å². The third kappa shape index (κ3) is 2.93. The number of carbonyl (C=O) groups excluding carboxylic acids is 1. The van der Waals surface area contributed by atoms with Gasteiger partial charge in [-0.15, -0.1) is 0 Å². The fraction of sp³-hybridized carbons (Fsp3) is 0.500. The Bertz CT molecular complexity index is 297. The number of aromatic nitrogens is 2. The molecule has 0 saturated heterocycles. The van der Waals surface area contributed by atoms with Crippen LogP contribution in [0.5, 0.6) is 0 Å². The molecule has 0 spiro atoms. The molecular weight excluding hydrogens is 164 g/mol. The molecule has 0 aliphatic heterocycles. The number of hydrogen-bond acceptors (Lipinski definition) is 3. The van der Waals surface area contributed by atoms with Gasteiger partial charge in [0.2, 0.25) is 0 Å². The third-order valence-corrected chi connectivity index (χ3v) is 1.88. The third-order valence-electron chi connectivity index (χ3n) is 1.88. The lowest BCUT2D eigenvalue weighted by Crippen LogP contribution is -2.06. The topological polar surface area (TPSA) is 42.9 Å². The van der Waals surface area contributed by atoms with Crippen molar-refractivity contribution < 1.29 is 4.79 Å². The van der Waals surface area contributed by atoms with E-state index in [1.54, 1.807) is 12.4 Å². The van der Waals surface area contributed by atoms with Gasteiger partial charge >= 0.3 is 0 Å². The smallest absolute Gasteiger partial charge is 0.138 e. The molecule has 0 aliphatic rings. The summed E-state index contributed by atoms with van der Waals surface area (Å²) < 4.78 is 0. The van der Waals surface area contributed by atoms with Gasteiger partial charge in [-0.2, -0.15) is 0 Å². The molecule has 0 aliphatic carbocycles. The summed E-state index contributed by atoms with van der Waals surface area (Å²) in [7, 11) is 0. The fourth-order valence-electron chi connectivity index (χ4n) is 1.16. The second kappa shape index (κ2) is 4.70. The van der Waals surface area contributed by atoms with Gasteiger partial charge < -0.3 is 0 Å². The van der Waals surface area contributed by atoms with Crippen LogP contribution in [0.2, 0.25) is 0 Å². The summed E-state index contributed by atoms with van der Waals surface area (Å²) in [6.07, 6.45) is 5.23. The molecule has 0 saturated carbocycles. The SMILES string of the molecule is CCCC(=O)Cc1nccnc1C. The molecule has 13 heavy (non-hydrogen) atoms. The largest absolute Gasteiger partial charge is 0.299 e. The Balaban J connectivity index is 2.63. The van der Waals surface area contributed by atoms with E-state index in [4.69, 9.17) is 0 Å². The van der Waals surface area contributed by atoms with E-state index in [0.29, 0.717) is 12.8 Å². The Morgan fingerprint density at radius 3 is 2.69 bits per heavy atom. The first kappa shape index (κ1) is 9.84. The van der Waals surface area contributed by atoms with Crippen molar-refractivity contribution >= 4 is 5.78 Å². The lowest BCUT2D eigenvalue weighted by atomic mass is 10.1. The molecule has 0 radical (unpaired) electrons. The van der Waals surface area contributed by atoms with Gasteiger partial charge in [0, 0.05) is 18.8 Å². The second-order valence-corrected chi connectivity index (χ2v) is 3.05. The Labute approximate surface area is 78.2 Å². The first-order valence-corrected chi connectivity index (χ1v) is 4.52. The van der Waals surface area contributed by atoms with E-state index in [1.165, 1.54) is 0 Å². The number of ketones is 1. The minimum atomic E-state index is 0.242. The summed E-state index contributed by atoms with van der Waals surface area (Å²) in [5, 5.41) is 0. The van der Waals surface area contributed by atoms with Gasteiger partial charge in [0.05, 0.1) is 17.8 Å². The highest BCUT2D eigenvalue weighted by Crippen LogP contribution is 2.03. The molecule has 3 nitrogen and oxygen atoms in total. The first-order chi connectivity index (χ1) is 6.24. The van der Waals surface area contributed by atoms with E-state index < -0.39 is 0 Å². The summed E-state index contributed by atoms with van der Waals surface area (Å²) in [4.78, 5) is 19.5. The van der Waals surface area contributed by atoms with Crippen LogP contribution in [0.1, 0.15) is 31.2 Å². The van der Waals surface area contributed by atoms with E-state index in [0.717, 1.165) is 17.8 Å². The maximum Gasteiger partial charge on any atom is 0.138 e. The number of Topliss-reactive ketones (excluding diaryl/α,β-unsaturated/α-hetero) is 1. The quantitative estimate of drug-likeness (QED) is 0.704. The van der Waals surface area contributed by atoms with Gasteiger partial charge in [-0.1, -0.05) is 6.92 Å². The first-order valence-electron chi connectivity index (χ1n) is 4.52. The molecular formula is C10H14N2O. The van der Waals surface area contributed by atoms with E-state index in [1.807, 2.05) is 13.8 Å². The molecule has 1 rings (SSSR count).